The number of aliphatic hydroxyl groups excluding tert-OH is 1. The molecule has 0 saturated heterocycles. The van der Waals surface area contributed by atoms with Crippen LogP contribution >= 0.6 is 0 Å². The number of aliphatic hydroxyl groups is 1. The van der Waals surface area contributed by atoms with Crippen LogP contribution in [0.5, 0.6) is 0 Å². The Morgan fingerprint density at radius 3 is 3.11 bits per heavy atom. The van der Waals surface area contributed by atoms with E-state index in [4.69, 9.17) is 10.8 Å². The van der Waals surface area contributed by atoms with Crippen LogP contribution in [-0.2, 0) is 0 Å². The Morgan fingerprint density at radius 2 is 2.39 bits per heavy atom. The smallest absolute Gasteiger partial charge is 0.280 e. The first-order valence-electron chi connectivity index (χ1n) is 5.70. The summed E-state index contributed by atoms with van der Waals surface area (Å²) >= 11 is 0. The number of H-pyrrole nitrogens is 1. The summed E-state index contributed by atoms with van der Waals surface area (Å²) in [5.74, 6) is 0.224. The van der Waals surface area contributed by atoms with Gasteiger partial charge in [-0.3, -0.25) is 9.78 Å². The molecule has 0 aliphatic heterocycles. The van der Waals surface area contributed by atoms with E-state index in [2.05, 4.69) is 15.0 Å². The van der Waals surface area contributed by atoms with Gasteiger partial charge in [-0.2, -0.15) is 4.98 Å². The minimum atomic E-state index is -0.336. The summed E-state index contributed by atoms with van der Waals surface area (Å²) in [6.45, 7) is 0.121. The number of fused-ring (bicyclic) bond motifs is 1. The number of nitrogen functional groups attached to an aromatic ring is 1. The summed E-state index contributed by atoms with van der Waals surface area (Å²) in [4.78, 5) is 22.2. The van der Waals surface area contributed by atoms with E-state index >= 15 is 0 Å². The second kappa shape index (κ2) is 3.95. The van der Waals surface area contributed by atoms with Gasteiger partial charge in [-0.15, -0.1) is 0 Å². The number of hydrogen-bond donors (Lipinski definition) is 3. The minimum absolute atomic E-state index is 0.0563. The lowest BCUT2D eigenvalue weighted by Crippen LogP contribution is -2.13. The molecule has 7 nitrogen and oxygen atoms in total. The molecule has 94 valence electrons. The normalized spacial score (nSPS) is 22.9. The Morgan fingerprint density at radius 1 is 1.56 bits per heavy atom. The molecule has 7 heteroatoms. The number of aromatic nitrogens is 4. The molecule has 0 bridgehead atoms. The molecule has 0 unspecified atom stereocenters. The van der Waals surface area contributed by atoms with Gasteiger partial charge in [-0.1, -0.05) is 12.2 Å². The Balaban J connectivity index is 2.09. The maximum absolute atomic E-state index is 11.6. The van der Waals surface area contributed by atoms with Crippen molar-refractivity contribution < 1.29 is 5.11 Å². The van der Waals surface area contributed by atoms with Crippen LogP contribution in [0.1, 0.15) is 12.5 Å². The Bertz CT molecular complexity index is 672. The van der Waals surface area contributed by atoms with E-state index in [1.54, 1.807) is 6.33 Å². The molecule has 2 aromatic heterocycles. The van der Waals surface area contributed by atoms with Crippen molar-refractivity contribution in [2.45, 2.75) is 12.5 Å². The molecule has 2 heterocycles. The number of anilines is 1. The molecule has 18 heavy (non-hydrogen) atoms. The molecule has 0 fully saturated rings. The molecule has 0 spiro atoms. The van der Waals surface area contributed by atoms with Crippen LogP contribution in [0.15, 0.2) is 23.3 Å². The molecule has 0 saturated carbocycles. The van der Waals surface area contributed by atoms with Crippen molar-refractivity contribution in [2.75, 3.05) is 12.3 Å². The third kappa shape index (κ3) is 1.60. The van der Waals surface area contributed by atoms with Crippen LogP contribution in [0.2, 0.25) is 0 Å². The number of nitrogens with two attached hydrogens (primary N) is 1. The minimum Gasteiger partial charge on any atom is -0.396 e. The van der Waals surface area contributed by atoms with Crippen LogP contribution in [0, 0.1) is 5.92 Å². The third-order valence-corrected chi connectivity index (χ3v) is 3.19. The van der Waals surface area contributed by atoms with Crippen molar-refractivity contribution in [3.63, 3.8) is 0 Å². The van der Waals surface area contributed by atoms with Crippen molar-refractivity contribution in [2.24, 2.45) is 5.92 Å². The molecule has 0 amide bonds. The molecule has 3 rings (SSSR count). The zero-order chi connectivity index (χ0) is 12.7. The summed E-state index contributed by atoms with van der Waals surface area (Å²) in [6.07, 6.45) is 6.31. The number of rotatable bonds is 2. The van der Waals surface area contributed by atoms with Crippen LogP contribution in [0.3, 0.4) is 0 Å². The van der Waals surface area contributed by atoms with Gasteiger partial charge in [-0.05, 0) is 6.42 Å². The zero-order valence-electron chi connectivity index (χ0n) is 9.58. The van der Waals surface area contributed by atoms with E-state index in [0.717, 1.165) is 6.42 Å². The molecule has 2 atom stereocenters. The number of nitrogens with zero attached hydrogens (tertiary/aromatic N) is 3. The standard InChI is InChI=1S/C11H13N5O2/c12-11-14-9-8(10(18)15-11)13-5-16(9)7-2-1-6(3-7)4-17/h1-2,5-7,17H,3-4H2,(H3,12,14,15,18)/t6-,7-/m0/s1. The second-order valence-corrected chi connectivity index (χ2v) is 4.41. The highest BCUT2D eigenvalue weighted by Gasteiger charge is 2.22. The molecule has 0 radical (unpaired) electrons. The lowest BCUT2D eigenvalue weighted by atomic mass is 10.1. The summed E-state index contributed by atoms with van der Waals surface area (Å²) in [5.41, 5.74) is 5.96. The van der Waals surface area contributed by atoms with Gasteiger partial charge in [0, 0.05) is 12.5 Å². The zero-order valence-corrected chi connectivity index (χ0v) is 9.58. The molecule has 1 aliphatic carbocycles. The second-order valence-electron chi connectivity index (χ2n) is 4.41. The highest BCUT2D eigenvalue weighted by Crippen LogP contribution is 2.29. The topological polar surface area (TPSA) is 110 Å². The number of hydrogen-bond acceptors (Lipinski definition) is 5. The van der Waals surface area contributed by atoms with Crippen molar-refractivity contribution in [3.8, 4) is 0 Å². The number of nitrogens with one attached hydrogen (secondary N) is 1. The van der Waals surface area contributed by atoms with Gasteiger partial charge in [0.2, 0.25) is 5.95 Å². The van der Waals surface area contributed by atoms with Crippen molar-refractivity contribution in [1.82, 2.24) is 19.5 Å². The summed E-state index contributed by atoms with van der Waals surface area (Å²) in [5, 5.41) is 9.12. The lowest BCUT2D eigenvalue weighted by molar-refractivity contribution is 0.244. The monoisotopic (exact) mass is 247 g/mol. The molecule has 0 aromatic carbocycles. The van der Waals surface area contributed by atoms with Crippen LogP contribution in [-0.4, -0.2) is 31.2 Å². The summed E-state index contributed by atoms with van der Waals surface area (Å²) < 4.78 is 1.81. The number of aromatic amines is 1. The van der Waals surface area contributed by atoms with E-state index in [0.29, 0.717) is 5.65 Å². The fourth-order valence-electron chi connectivity index (χ4n) is 2.28. The maximum Gasteiger partial charge on any atom is 0.280 e. The van der Waals surface area contributed by atoms with Crippen LogP contribution < -0.4 is 11.3 Å². The van der Waals surface area contributed by atoms with E-state index in [-0.39, 0.29) is 35.6 Å². The fourth-order valence-corrected chi connectivity index (χ4v) is 2.28. The first-order chi connectivity index (χ1) is 8.69. The number of allylic oxidation sites excluding steroid dienone is 1. The Labute approximate surface area is 102 Å². The predicted octanol–water partition coefficient (Wildman–Crippen LogP) is -0.189. The molecular weight excluding hydrogens is 234 g/mol. The van der Waals surface area contributed by atoms with Gasteiger partial charge >= 0.3 is 0 Å². The predicted molar refractivity (Wildman–Crippen MR) is 65.9 cm³/mol. The maximum atomic E-state index is 11.6. The van der Waals surface area contributed by atoms with Gasteiger partial charge in [0.1, 0.15) is 0 Å². The largest absolute Gasteiger partial charge is 0.396 e. The van der Waals surface area contributed by atoms with Gasteiger partial charge in [-0.25, -0.2) is 4.98 Å². The summed E-state index contributed by atoms with van der Waals surface area (Å²) in [6, 6.07) is 0.0563. The highest BCUT2D eigenvalue weighted by atomic mass is 16.3. The van der Waals surface area contributed by atoms with Gasteiger partial charge in [0.25, 0.3) is 5.56 Å². The first kappa shape index (κ1) is 11.0. The molecule has 4 N–H and O–H groups in total. The average molecular weight is 247 g/mol. The van der Waals surface area contributed by atoms with E-state index < -0.39 is 0 Å². The van der Waals surface area contributed by atoms with Gasteiger partial charge in [0.05, 0.1) is 12.4 Å². The average Bonchev–Trinajstić information content (AvgIpc) is 2.93. The van der Waals surface area contributed by atoms with E-state index in [9.17, 15) is 4.79 Å². The van der Waals surface area contributed by atoms with Crippen molar-refractivity contribution in [1.29, 1.82) is 0 Å². The van der Waals surface area contributed by atoms with Crippen molar-refractivity contribution >= 4 is 17.1 Å². The van der Waals surface area contributed by atoms with Crippen molar-refractivity contribution in [3.05, 3.63) is 28.8 Å². The summed E-state index contributed by atoms with van der Waals surface area (Å²) in [7, 11) is 0. The van der Waals surface area contributed by atoms with Crippen LogP contribution in [0.25, 0.3) is 11.2 Å². The van der Waals surface area contributed by atoms with Gasteiger partial charge < -0.3 is 15.4 Å². The van der Waals surface area contributed by atoms with E-state index in [1.807, 2.05) is 16.7 Å². The number of imidazole rings is 1. The third-order valence-electron chi connectivity index (χ3n) is 3.19. The molecule has 1 aliphatic rings. The first-order valence-corrected chi connectivity index (χ1v) is 5.70. The lowest BCUT2D eigenvalue weighted by Gasteiger charge is -2.12. The Hall–Kier alpha value is -2.15. The van der Waals surface area contributed by atoms with Gasteiger partial charge in [0.15, 0.2) is 11.2 Å². The molecular formula is C11H13N5O2. The molecule has 2 aromatic rings. The van der Waals surface area contributed by atoms with E-state index in [1.165, 1.54) is 0 Å². The SMILES string of the molecule is Nc1nc2c(ncn2[C@H]2C=C[C@H](CO)C2)c(=O)[nH]1. The Kier molecular flexibility index (Phi) is 2.41. The quantitative estimate of drug-likeness (QED) is 0.637. The highest BCUT2D eigenvalue weighted by molar-refractivity contribution is 5.70. The fraction of sp³-hybridized carbons (Fsp3) is 0.364. The van der Waals surface area contributed by atoms with Crippen LogP contribution in [0.4, 0.5) is 5.95 Å².